The van der Waals surface area contributed by atoms with Crippen molar-refractivity contribution in [3.05, 3.63) is 0 Å². The summed E-state index contributed by atoms with van der Waals surface area (Å²) in [6.07, 6.45) is 1.31. The van der Waals surface area contributed by atoms with Gasteiger partial charge in [-0.3, -0.25) is 14.5 Å². The molecule has 0 saturated carbocycles. The van der Waals surface area contributed by atoms with E-state index in [2.05, 4.69) is 0 Å². The number of aliphatic hydroxyl groups is 1. The number of esters is 1. The Morgan fingerprint density at radius 3 is 2.32 bits per heavy atom. The molecule has 19 heavy (non-hydrogen) atoms. The monoisotopic (exact) mass is 271 g/mol. The largest absolute Gasteiger partial charge is 0.465 e. The van der Waals surface area contributed by atoms with Gasteiger partial charge in [-0.1, -0.05) is 0 Å². The van der Waals surface area contributed by atoms with Gasteiger partial charge in [-0.2, -0.15) is 0 Å². The van der Waals surface area contributed by atoms with E-state index in [0.29, 0.717) is 25.9 Å². The summed E-state index contributed by atoms with van der Waals surface area (Å²) < 4.78 is 4.93. The molecule has 0 aromatic carbocycles. The quantitative estimate of drug-likeness (QED) is 0.596. The minimum Gasteiger partial charge on any atom is -0.465 e. The number of ether oxygens (including phenoxy) is 1. The van der Waals surface area contributed by atoms with Gasteiger partial charge < -0.3 is 9.84 Å². The molecule has 0 spiro atoms. The average molecular weight is 271 g/mol. The summed E-state index contributed by atoms with van der Waals surface area (Å²) in [5, 5.41) is 9.86. The Balaban J connectivity index is 2.53. The molecule has 0 atom stereocenters. The lowest BCUT2D eigenvalue weighted by Gasteiger charge is -2.36. The first kappa shape index (κ1) is 16.1. The van der Waals surface area contributed by atoms with Crippen molar-refractivity contribution in [3.8, 4) is 0 Å². The maximum absolute atomic E-state index is 12.2. The zero-order valence-corrected chi connectivity index (χ0v) is 12.4. The predicted molar refractivity (Wildman–Crippen MR) is 71.7 cm³/mol. The summed E-state index contributed by atoms with van der Waals surface area (Å²) in [5.41, 5.74) is -1.73. The Labute approximate surface area is 114 Å². The second kappa shape index (κ2) is 6.01. The Morgan fingerprint density at radius 2 is 1.84 bits per heavy atom. The molecule has 0 aromatic heterocycles. The summed E-state index contributed by atoms with van der Waals surface area (Å²) in [7, 11) is 0. The number of piperidine rings is 1. The maximum atomic E-state index is 12.2. The molecule has 1 aliphatic heterocycles. The molecular weight excluding hydrogens is 246 g/mol. The number of hydrogen-bond acceptors (Lipinski definition) is 5. The van der Waals surface area contributed by atoms with Gasteiger partial charge in [0.25, 0.3) is 0 Å². The van der Waals surface area contributed by atoms with Crippen LogP contribution in [0.5, 0.6) is 0 Å². The maximum Gasteiger partial charge on any atom is 0.319 e. The number of Topliss-reactive ketones (excluding diaryl/α,β-unsaturated/α-hetero) is 1. The first-order valence-electron chi connectivity index (χ1n) is 6.84. The van der Waals surface area contributed by atoms with E-state index in [9.17, 15) is 14.7 Å². The van der Waals surface area contributed by atoms with Crippen molar-refractivity contribution in [1.82, 2.24) is 4.90 Å². The average Bonchev–Trinajstić information content (AvgIpc) is 2.32. The summed E-state index contributed by atoms with van der Waals surface area (Å²) in [6.45, 7) is 8.63. The third kappa shape index (κ3) is 4.28. The summed E-state index contributed by atoms with van der Waals surface area (Å²) in [5.74, 6) is -0.600. The van der Waals surface area contributed by atoms with Gasteiger partial charge in [0.1, 0.15) is 5.41 Å². The minimum atomic E-state index is -1.10. The van der Waals surface area contributed by atoms with E-state index in [1.807, 2.05) is 11.8 Å². The van der Waals surface area contributed by atoms with Crippen molar-refractivity contribution in [2.75, 3.05) is 26.2 Å². The van der Waals surface area contributed by atoms with Crippen LogP contribution < -0.4 is 0 Å². The van der Waals surface area contributed by atoms with Crippen molar-refractivity contribution in [3.63, 3.8) is 0 Å². The Hall–Kier alpha value is -0.940. The van der Waals surface area contributed by atoms with Crippen LogP contribution in [-0.2, 0) is 14.3 Å². The number of nitrogens with zero attached hydrogens (tertiary/aromatic N) is 1. The van der Waals surface area contributed by atoms with E-state index in [1.54, 1.807) is 20.8 Å². The number of ketones is 1. The van der Waals surface area contributed by atoms with Crippen molar-refractivity contribution < 1.29 is 19.4 Å². The number of carbonyl (C=O) groups is 2. The van der Waals surface area contributed by atoms with E-state index in [4.69, 9.17) is 4.74 Å². The lowest BCUT2D eigenvalue weighted by atomic mass is 9.87. The molecule has 1 fully saturated rings. The first-order chi connectivity index (χ1) is 8.69. The number of rotatable bonds is 5. The van der Waals surface area contributed by atoms with Crippen LogP contribution >= 0.6 is 0 Å². The zero-order valence-electron chi connectivity index (χ0n) is 12.4. The van der Waals surface area contributed by atoms with Gasteiger partial charge in [-0.15, -0.1) is 0 Å². The molecule has 0 aliphatic carbocycles. The highest BCUT2D eigenvalue weighted by atomic mass is 16.5. The zero-order chi connectivity index (χ0) is 14.7. The molecule has 0 radical (unpaired) electrons. The fourth-order valence-electron chi connectivity index (χ4n) is 2.02. The van der Waals surface area contributed by atoms with Crippen molar-refractivity contribution in [2.24, 2.45) is 5.41 Å². The second-order valence-corrected chi connectivity index (χ2v) is 6.04. The summed E-state index contributed by atoms with van der Waals surface area (Å²) in [4.78, 5) is 25.9. The molecule has 1 aliphatic rings. The van der Waals surface area contributed by atoms with E-state index in [-0.39, 0.29) is 18.9 Å². The highest BCUT2D eigenvalue weighted by Crippen LogP contribution is 2.24. The smallest absolute Gasteiger partial charge is 0.319 e. The van der Waals surface area contributed by atoms with E-state index in [1.165, 1.54) is 0 Å². The third-order valence-electron chi connectivity index (χ3n) is 3.78. The molecule has 1 rings (SSSR count). The van der Waals surface area contributed by atoms with Gasteiger partial charge in [0.15, 0.2) is 5.78 Å². The van der Waals surface area contributed by atoms with Crippen molar-refractivity contribution in [1.29, 1.82) is 0 Å². The van der Waals surface area contributed by atoms with Crippen LogP contribution in [-0.4, -0.2) is 53.6 Å². The molecule has 0 unspecified atom stereocenters. The topological polar surface area (TPSA) is 66.8 Å². The molecule has 0 bridgehead atoms. The van der Waals surface area contributed by atoms with Gasteiger partial charge in [0, 0.05) is 13.1 Å². The Kier molecular flexibility index (Phi) is 5.10. The Bertz CT molecular complexity index is 339. The summed E-state index contributed by atoms with van der Waals surface area (Å²) >= 11 is 0. The molecule has 0 aromatic rings. The summed E-state index contributed by atoms with van der Waals surface area (Å²) in [6, 6.07) is 0. The molecule has 5 heteroatoms. The van der Waals surface area contributed by atoms with Crippen LogP contribution in [0.25, 0.3) is 0 Å². The SMILES string of the molecule is CCOC(=O)C(C)(C)C(=O)CN1CCC(C)(O)CC1. The molecule has 0 amide bonds. The number of carbonyl (C=O) groups excluding carboxylic acids is 2. The molecule has 1 saturated heterocycles. The Morgan fingerprint density at radius 1 is 1.32 bits per heavy atom. The van der Waals surface area contributed by atoms with Crippen LogP contribution in [0, 0.1) is 5.41 Å². The highest BCUT2D eigenvalue weighted by Gasteiger charge is 2.38. The van der Waals surface area contributed by atoms with E-state index in [0.717, 1.165) is 0 Å². The fraction of sp³-hybridized carbons (Fsp3) is 0.857. The number of hydrogen-bond donors (Lipinski definition) is 1. The van der Waals surface area contributed by atoms with Crippen LogP contribution in [0.3, 0.4) is 0 Å². The van der Waals surface area contributed by atoms with Gasteiger partial charge >= 0.3 is 5.97 Å². The van der Waals surface area contributed by atoms with Crippen molar-refractivity contribution >= 4 is 11.8 Å². The molecule has 110 valence electrons. The minimum absolute atomic E-state index is 0.132. The molecule has 1 N–H and O–H groups in total. The van der Waals surface area contributed by atoms with E-state index < -0.39 is 17.0 Å². The molecule has 5 nitrogen and oxygen atoms in total. The fourth-order valence-corrected chi connectivity index (χ4v) is 2.02. The van der Waals surface area contributed by atoms with Gasteiger partial charge in [0.2, 0.25) is 0 Å². The van der Waals surface area contributed by atoms with Crippen LogP contribution in [0.15, 0.2) is 0 Å². The molecule has 1 heterocycles. The van der Waals surface area contributed by atoms with Crippen LogP contribution in [0.1, 0.15) is 40.5 Å². The lowest BCUT2D eigenvalue weighted by molar-refractivity contribution is -0.158. The third-order valence-corrected chi connectivity index (χ3v) is 3.78. The lowest BCUT2D eigenvalue weighted by Crippen LogP contribution is -2.47. The van der Waals surface area contributed by atoms with Gasteiger partial charge in [0.05, 0.1) is 18.8 Å². The van der Waals surface area contributed by atoms with Crippen molar-refractivity contribution in [2.45, 2.75) is 46.1 Å². The second-order valence-electron chi connectivity index (χ2n) is 6.04. The van der Waals surface area contributed by atoms with Crippen LogP contribution in [0.2, 0.25) is 0 Å². The van der Waals surface area contributed by atoms with Gasteiger partial charge in [-0.25, -0.2) is 0 Å². The first-order valence-corrected chi connectivity index (χ1v) is 6.84. The predicted octanol–water partition coefficient (Wildman–Crippen LogP) is 0.992. The number of likely N-dealkylation sites (tertiary alicyclic amines) is 1. The highest BCUT2D eigenvalue weighted by molar-refractivity contribution is 6.03. The molecular formula is C14H25NO4. The standard InChI is InChI=1S/C14H25NO4/c1-5-19-12(17)13(2,3)11(16)10-15-8-6-14(4,18)7-9-15/h18H,5-10H2,1-4H3. The van der Waals surface area contributed by atoms with Gasteiger partial charge in [-0.05, 0) is 40.5 Å². The van der Waals surface area contributed by atoms with E-state index >= 15 is 0 Å². The van der Waals surface area contributed by atoms with Crippen LogP contribution in [0.4, 0.5) is 0 Å². The normalized spacial score (nSPS) is 20.1.